The van der Waals surface area contributed by atoms with Crippen LogP contribution in [-0.4, -0.2) is 5.78 Å². The number of fused-ring (bicyclic) bond motifs is 2. The quantitative estimate of drug-likeness (QED) is 0.769. The molecule has 0 saturated carbocycles. The zero-order valence-corrected chi connectivity index (χ0v) is 13.2. The number of ketones is 1. The molecule has 1 aliphatic carbocycles. The average molecular weight is 278 g/mol. The van der Waals surface area contributed by atoms with Crippen LogP contribution in [0.4, 0.5) is 0 Å². The van der Waals surface area contributed by atoms with Gasteiger partial charge in [0.1, 0.15) is 0 Å². The van der Waals surface area contributed by atoms with E-state index in [1.54, 1.807) is 0 Å². The van der Waals surface area contributed by atoms with Crippen molar-refractivity contribution in [2.24, 2.45) is 11.8 Å². The number of hydrogen-bond acceptors (Lipinski definition) is 1. The number of hydrogen-bond donors (Lipinski definition) is 0. The minimum absolute atomic E-state index is 0.0961. The highest BCUT2D eigenvalue weighted by Crippen LogP contribution is 2.50. The Kier molecular flexibility index (Phi) is 3.24. The van der Waals surface area contributed by atoms with E-state index >= 15 is 0 Å². The SMILES string of the molecule is CC(C)C1(C(C)C)c2ccccc2C(=O)c2ccccc21. The van der Waals surface area contributed by atoms with Crippen molar-refractivity contribution in [3.8, 4) is 0 Å². The standard InChI is InChI=1S/C20H22O/c1-13(2)20(14(3)4)17-11-7-5-9-15(17)19(21)16-10-6-8-12-18(16)20/h5-14H,1-4H3. The van der Waals surface area contributed by atoms with Crippen molar-refractivity contribution in [1.82, 2.24) is 0 Å². The van der Waals surface area contributed by atoms with E-state index in [-0.39, 0.29) is 11.2 Å². The van der Waals surface area contributed by atoms with E-state index in [1.165, 1.54) is 11.1 Å². The first kappa shape index (κ1) is 14.1. The zero-order chi connectivity index (χ0) is 15.2. The maximum absolute atomic E-state index is 12.8. The van der Waals surface area contributed by atoms with Crippen molar-refractivity contribution in [3.63, 3.8) is 0 Å². The van der Waals surface area contributed by atoms with Crippen LogP contribution in [0.15, 0.2) is 48.5 Å². The summed E-state index contributed by atoms with van der Waals surface area (Å²) in [5.41, 5.74) is 4.04. The lowest BCUT2D eigenvalue weighted by atomic mass is 9.56. The van der Waals surface area contributed by atoms with Gasteiger partial charge in [0.05, 0.1) is 0 Å². The van der Waals surface area contributed by atoms with Crippen LogP contribution in [0.3, 0.4) is 0 Å². The molecular formula is C20H22O. The molecule has 0 bridgehead atoms. The smallest absolute Gasteiger partial charge is 0.193 e. The first-order valence-electron chi connectivity index (χ1n) is 7.75. The summed E-state index contributed by atoms with van der Waals surface area (Å²) in [4.78, 5) is 12.8. The second kappa shape index (κ2) is 4.84. The van der Waals surface area contributed by atoms with Gasteiger partial charge >= 0.3 is 0 Å². The van der Waals surface area contributed by atoms with Crippen LogP contribution < -0.4 is 0 Å². The van der Waals surface area contributed by atoms with Crippen molar-refractivity contribution in [1.29, 1.82) is 0 Å². The first-order valence-corrected chi connectivity index (χ1v) is 7.75. The van der Waals surface area contributed by atoms with Gasteiger partial charge in [-0.3, -0.25) is 4.79 Å². The lowest BCUT2D eigenvalue weighted by Crippen LogP contribution is -2.44. The number of rotatable bonds is 2. The third kappa shape index (κ3) is 1.73. The topological polar surface area (TPSA) is 17.1 Å². The largest absolute Gasteiger partial charge is 0.289 e. The molecule has 2 aromatic rings. The third-order valence-electron chi connectivity index (χ3n) is 5.06. The highest BCUT2D eigenvalue weighted by molar-refractivity contribution is 6.13. The summed E-state index contributed by atoms with van der Waals surface area (Å²) in [5.74, 6) is 1.01. The molecule has 108 valence electrons. The highest BCUT2D eigenvalue weighted by Gasteiger charge is 2.47. The van der Waals surface area contributed by atoms with Crippen LogP contribution in [0.5, 0.6) is 0 Å². The molecule has 0 fully saturated rings. The molecule has 0 heterocycles. The molecule has 0 aromatic heterocycles. The van der Waals surface area contributed by atoms with Crippen LogP contribution in [0.25, 0.3) is 0 Å². The fourth-order valence-corrected chi connectivity index (χ4v) is 4.28. The molecule has 0 N–H and O–H groups in total. The Balaban J connectivity index is 2.45. The molecule has 1 nitrogen and oxygen atoms in total. The monoisotopic (exact) mass is 278 g/mol. The molecule has 0 unspecified atom stereocenters. The minimum Gasteiger partial charge on any atom is -0.289 e. The highest BCUT2D eigenvalue weighted by atomic mass is 16.1. The Morgan fingerprint density at radius 2 is 1.10 bits per heavy atom. The van der Waals surface area contributed by atoms with E-state index in [1.807, 2.05) is 24.3 Å². The Morgan fingerprint density at radius 1 is 0.714 bits per heavy atom. The predicted octanol–water partition coefficient (Wildman–Crippen LogP) is 4.83. The van der Waals surface area contributed by atoms with Gasteiger partial charge in [0.25, 0.3) is 0 Å². The fraction of sp³-hybridized carbons (Fsp3) is 0.350. The van der Waals surface area contributed by atoms with E-state index in [0.29, 0.717) is 11.8 Å². The Hall–Kier alpha value is -1.89. The van der Waals surface area contributed by atoms with Crippen molar-refractivity contribution in [2.45, 2.75) is 33.1 Å². The van der Waals surface area contributed by atoms with Gasteiger partial charge < -0.3 is 0 Å². The second-order valence-corrected chi connectivity index (χ2v) is 6.60. The Labute approximate surface area is 127 Å². The molecule has 0 atom stereocenters. The number of carbonyl (C=O) groups is 1. The fourth-order valence-electron chi connectivity index (χ4n) is 4.28. The zero-order valence-electron chi connectivity index (χ0n) is 13.2. The van der Waals surface area contributed by atoms with E-state index in [2.05, 4.69) is 52.0 Å². The van der Waals surface area contributed by atoms with Gasteiger partial charge in [0, 0.05) is 16.5 Å². The molecule has 1 heteroatoms. The summed E-state index contributed by atoms with van der Waals surface area (Å²) >= 11 is 0. The lowest BCUT2D eigenvalue weighted by Gasteiger charge is -2.46. The average Bonchev–Trinajstić information content (AvgIpc) is 2.47. The summed E-state index contributed by atoms with van der Waals surface area (Å²) in [5, 5.41) is 0. The summed E-state index contributed by atoms with van der Waals surface area (Å²) in [6.07, 6.45) is 0. The normalized spacial score (nSPS) is 16.0. The summed E-state index contributed by atoms with van der Waals surface area (Å²) in [7, 11) is 0. The maximum Gasteiger partial charge on any atom is 0.193 e. The van der Waals surface area contributed by atoms with Crippen LogP contribution in [0.1, 0.15) is 54.7 Å². The first-order chi connectivity index (χ1) is 10.0. The van der Waals surface area contributed by atoms with Crippen molar-refractivity contribution in [2.75, 3.05) is 0 Å². The van der Waals surface area contributed by atoms with Gasteiger partial charge in [0.2, 0.25) is 0 Å². The summed E-state index contributed by atoms with van der Waals surface area (Å²) < 4.78 is 0. The van der Waals surface area contributed by atoms with Gasteiger partial charge in [0.15, 0.2) is 5.78 Å². The van der Waals surface area contributed by atoms with Gasteiger partial charge in [-0.25, -0.2) is 0 Å². The van der Waals surface area contributed by atoms with Gasteiger partial charge in [-0.1, -0.05) is 76.2 Å². The van der Waals surface area contributed by atoms with E-state index in [0.717, 1.165) is 11.1 Å². The second-order valence-electron chi connectivity index (χ2n) is 6.60. The van der Waals surface area contributed by atoms with Gasteiger partial charge in [-0.05, 0) is 23.0 Å². The van der Waals surface area contributed by atoms with Crippen LogP contribution in [0, 0.1) is 11.8 Å². The number of benzene rings is 2. The van der Waals surface area contributed by atoms with Gasteiger partial charge in [-0.2, -0.15) is 0 Å². The Bertz CT molecular complexity index is 635. The molecule has 0 spiro atoms. The molecule has 0 amide bonds. The molecule has 0 saturated heterocycles. The van der Waals surface area contributed by atoms with Crippen molar-refractivity contribution in [3.05, 3.63) is 70.8 Å². The molecule has 0 radical (unpaired) electrons. The number of carbonyl (C=O) groups excluding carboxylic acids is 1. The van der Waals surface area contributed by atoms with E-state index in [9.17, 15) is 4.79 Å². The molecule has 1 aliphatic rings. The lowest BCUT2D eigenvalue weighted by molar-refractivity contribution is 0.102. The van der Waals surface area contributed by atoms with Crippen LogP contribution in [0.2, 0.25) is 0 Å². The molecule has 21 heavy (non-hydrogen) atoms. The third-order valence-corrected chi connectivity index (χ3v) is 5.06. The Morgan fingerprint density at radius 3 is 1.48 bits per heavy atom. The van der Waals surface area contributed by atoms with E-state index in [4.69, 9.17) is 0 Å². The summed E-state index contributed by atoms with van der Waals surface area (Å²) in [6.45, 7) is 9.07. The van der Waals surface area contributed by atoms with E-state index < -0.39 is 0 Å². The van der Waals surface area contributed by atoms with Crippen LogP contribution in [-0.2, 0) is 5.41 Å². The molecule has 0 aliphatic heterocycles. The van der Waals surface area contributed by atoms with Gasteiger partial charge in [-0.15, -0.1) is 0 Å². The minimum atomic E-state index is -0.0961. The van der Waals surface area contributed by atoms with Crippen LogP contribution >= 0.6 is 0 Å². The molecule has 2 aromatic carbocycles. The predicted molar refractivity (Wildman–Crippen MR) is 86.8 cm³/mol. The van der Waals surface area contributed by atoms with Crippen molar-refractivity contribution < 1.29 is 4.79 Å². The van der Waals surface area contributed by atoms with Crippen molar-refractivity contribution >= 4 is 5.78 Å². The maximum atomic E-state index is 12.8. The molecular weight excluding hydrogens is 256 g/mol. The summed E-state index contributed by atoms with van der Waals surface area (Å²) in [6, 6.07) is 16.3. The molecule has 3 rings (SSSR count).